The lowest BCUT2D eigenvalue weighted by atomic mass is 10.1. The molecule has 0 bridgehead atoms. The van der Waals surface area contributed by atoms with Crippen LogP contribution in [0.2, 0.25) is 0 Å². The first kappa shape index (κ1) is 29.5. The van der Waals surface area contributed by atoms with Crippen LogP contribution in [0.5, 0.6) is 0 Å². The average Bonchev–Trinajstić information content (AvgIpc) is 3.32. The topological polar surface area (TPSA) is 263 Å². The van der Waals surface area contributed by atoms with Gasteiger partial charge < -0.3 is 47.7 Å². The summed E-state index contributed by atoms with van der Waals surface area (Å²) in [5, 5.41) is 34.1. The number of carbonyl (C=O) groups is 5. The number of carboxylic acid groups (broad SMARTS) is 2. The lowest BCUT2D eigenvalue weighted by Gasteiger charge is -2.24. The van der Waals surface area contributed by atoms with Gasteiger partial charge in [0, 0.05) is 24.7 Å². The number of unbranched alkanes of at least 4 members (excludes halogenated alkanes) is 1. The summed E-state index contributed by atoms with van der Waals surface area (Å²) >= 11 is 0. The van der Waals surface area contributed by atoms with Crippen LogP contribution in [0.1, 0.15) is 37.8 Å². The number of nitrogens with two attached hydrogens (primary N) is 2. The quantitative estimate of drug-likeness (QED) is 0.0963. The SMILES string of the molecule is NCCCCC(N)C(=O)NC(Cc1cnc[nH]1)C(=O)NC(CCC(=O)O)C(=O)NC(CO)C(=O)O. The van der Waals surface area contributed by atoms with Crippen molar-refractivity contribution in [3.05, 3.63) is 18.2 Å². The first-order chi connectivity index (χ1) is 16.6. The molecule has 35 heavy (non-hydrogen) atoms. The second-order valence-electron chi connectivity index (χ2n) is 7.81. The number of aromatic amines is 1. The minimum Gasteiger partial charge on any atom is -0.481 e. The van der Waals surface area contributed by atoms with Crippen LogP contribution in [0.15, 0.2) is 12.5 Å². The summed E-state index contributed by atoms with van der Waals surface area (Å²) in [5.74, 6) is -5.22. The predicted molar refractivity (Wildman–Crippen MR) is 121 cm³/mol. The second kappa shape index (κ2) is 15.4. The molecule has 1 heterocycles. The van der Waals surface area contributed by atoms with Gasteiger partial charge in [0.25, 0.3) is 0 Å². The lowest BCUT2D eigenvalue weighted by Crippen LogP contribution is -2.58. The molecule has 4 unspecified atom stereocenters. The van der Waals surface area contributed by atoms with Gasteiger partial charge in [0.2, 0.25) is 17.7 Å². The van der Waals surface area contributed by atoms with Gasteiger partial charge in [0.15, 0.2) is 0 Å². The smallest absolute Gasteiger partial charge is 0.328 e. The zero-order valence-corrected chi connectivity index (χ0v) is 19.1. The van der Waals surface area contributed by atoms with E-state index in [0.717, 1.165) is 0 Å². The highest BCUT2D eigenvalue weighted by molar-refractivity contribution is 5.94. The second-order valence-corrected chi connectivity index (χ2v) is 7.81. The van der Waals surface area contributed by atoms with Crippen LogP contribution in [-0.2, 0) is 30.4 Å². The molecular formula is C20H33N7O8. The maximum Gasteiger partial charge on any atom is 0.328 e. The van der Waals surface area contributed by atoms with Crippen LogP contribution in [-0.4, -0.2) is 92.3 Å². The molecule has 0 aliphatic rings. The molecule has 4 atom stereocenters. The normalized spacial score (nSPS) is 14.3. The molecule has 0 aromatic carbocycles. The van der Waals surface area contributed by atoms with Gasteiger partial charge in [-0.1, -0.05) is 6.42 Å². The van der Waals surface area contributed by atoms with E-state index >= 15 is 0 Å². The Kier molecular flexibility index (Phi) is 12.9. The zero-order chi connectivity index (χ0) is 26.4. The van der Waals surface area contributed by atoms with E-state index in [0.29, 0.717) is 31.5 Å². The largest absolute Gasteiger partial charge is 0.481 e. The highest BCUT2D eigenvalue weighted by atomic mass is 16.4. The number of aliphatic hydroxyl groups is 1. The Hall–Kier alpha value is -3.56. The van der Waals surface area contributed by atoms with E-state index in [1.54, 1.807) is 0 Å². The number of imidazole rings is 1. The van der Waals surface area contributed by atoms with Crippen LogP contribution in [0.4, 0.5) is 0 Å². The molecule has 0 radical (unpaired) electrons. The lowest BCUT2D eigenvalue weighted by molar-refractivity contribution is -0.144. The fourth-order valence-electron chi connectivity index (χ4n) is 3.01. The van der Waals surface area contributed by atoms with Gasteiger partial charge >= 0.3 is 11.9 Å². The minimum absolute atomic E-state index is 0.0469. The van der Waals surface area contributed by atoms with Gasteiger partial charge in [-0.3, -0.25) is 19.2 Å². The van der Waals surface area contributed by atoms with E-state index in [-0.39, 0.29) is 12.8 Å². The first-order valence-corrected chi connectivity index (χ1v) is 11.0. The number of carboxylic acids is 2. The number of nitrogens with zero attached hydrogens (tertiary/aromatic N) is 1. The standard InChI is InChI=1S/C20H33N7O8/c21-6-2-1-3-12(22)17(31)26-14(7-11-8-23-10-24-11)19(33)25-13(4-5-16(29)30)18(32)27-15(9-28)20(34)35/h8,10,12-15,28H,1-7,9,21-22H2,(H,23,24)(H,25,33)(H,26,31)(H,27,32)(H,29,30)(H,34,35). The predicted octanol–water partition coefficient (Wildman–Crippen LogP) is -3.20. The number of H-pyrrole nitrogens is 1. The summed E-state index contributed by atoms with van der Waals surface area (Å²) in [6, 6.07) is -5.23. The molecular weight excluding hydrogens is 466 g/mol. The number of amides is 3. The molecule has 15 heteroatoms. The number of hydrogen-bond donors (Lipinski definition) is 9. The van der Waals surface area contributed by atoms with E-state index < -0.39 is 66.9 Å². The molecule has 15 nitrogen and oxygen atoms in total. The van der Waals surface area contributed by atoms with E-state index in [1.165, 1.54) is 12.5 Å². The van der Waals surface area contributed by atoms with Crippen LogP contribution in [0.3, 0.4) is 0 Å². The summed E-state index contributed by atoms with van der Waals surface area (Å²) < 4.78 is 0. The van der Waals surface area contributed by atoms with Crippen molar-refractivity contribution < 1.29 is 39.3 Å². The fourth-order valence-corrected chi connectivity index (χ4v) is 3.01. The Balaban J connectivity index is 3.00. The number of carbonyl (C=O) groups excluding carboxylic acids is 3. The van der Waals surface area contributed by atoms with Crippen molar-refractivity contribution in [2.75, 3.05) is 13.2 Å². The van der Waals surface area contributed by atoms with E-state index in [9.17, 15) is 24.0 Å². The molecule has 11 N–H and O–H groups in total. The molecule has 196 valence electrons. The molecule has 0 aliphatic heterocycles. The Bertz CT molecular complexity index is 849. The van der Waals surface area contributed by atoms with E-state index in [4.69, 9.17) is 26.8 Å². The third kappa shape index (κ3) is 10.9. The van der Waals surface area contributed by atoms with Crippen LogP contribution in [0, 0.1) is 0 Å². The molecule has 0 spiro atoms. The molecule has 0 saturated heterocycles. The van der Waals surface area contributed by atoms with Crippen LogP contribution >= 0.6 is 0 Å². The zero-order valence-electron chi connectivity index (χ0n) is 19.1. The Morgan fingerprint density at radius 2 is 1.57 bits per heavy atom. The minimum atomic E-state index is -1.65. The fraction of sp³-hybridized carbons (Fsp3) is 0.600. The van der Waals surface area contributed by atoms with Crippen molar-refractivity contribution in [3.63, 3.8) is 0 Å². The molecule has 1 rings (SSSR count). The molecule has 0 fully saturated rings. The van der Waals surface area contributed by atoms with Crippen molar-refractivity contribution in [2.24, 2.45) is 11.5 Å². The number of aliphatic carboxylic acids is 2. The molecule has 3 amide bonds. The number of nitrogens with one attached hydrogen (secondary N) is 4. The van der Waals surface area contributed by atoms with Gasteiger partial charge in [0.05, 0.1) is 19.0 Å². The molecule has 1 aromatic rings. The Morgan fingerprint density at radius 1 is 0.943 bits per heavy atom. The number of hydrogen-bond acceptors (Lipinski definition) is 9. The van der Waals surface area contributed by atoms with Gasteiger partial charge in [-0.25, -0.2) is 9.78 Å². The third-order valence-electron chi connectivity index (χ3n) is 4.99. The maximum absolute atomic E-state index is 13.0. The van der Waals surface area contributed by atoms with Gasteiger partial charge in [-0.15, -0.1) is 0 Å². The summed E-state index contributed by atoms with van der Waals surface area (Å²) in [7, 11) is 0. The highest BCUT2D eigenvalue weighted by Gasteiger charge is 2.30. The highest BCUT2D eigenvalue weighted by Crippen LogP contribution is 2.05. The van der Waals surface area contributed by atoms with E-state index in [2.05, 4.69) is 20.6 Å². The van der Waals surface area contributed by atoms with Gasteiger partial charge in [0.1, 0.15) is 18.1 Å². The molecule has 1 aromatic heterocycles. The van der Waals surface area contributed by atoms with Crippen molar-refractivity contribution in [2.45, 2.75) is 62.7 Å². The van der Waals surface area contributed by atoms with Crippen LogP contribution < -0.4 is 27.4 Å². The van der Waals surface area contributed by atoms with Gasteiger partial charge in [-0.05, 0) is 25.8 Å². The molecule has 0 aliphatic carbocycles. The van der Waals surface area contributed by atoms with Gasteiger partial charge in [-0.2, -0.15) is 0 Å². The van der Waals surface area contributed by atoms with Crippen molar-refractivity contribution in [3.8, 4) is 0 Å². The Morgan fingerprint density at radius 3 is 2.11 bits per heavy atom. The Labute approximate surface area is 201 Å². The summed E-state index contributed by atoms with van der Waals surface area (Å²) in [4.78, 5) is 66.9. The molecule has 0 saturated carbocycles. The van der Waals surface area contributed by atoms with Crippen molar-refractivity contribution >= 4 is 29.7 Å². The van der Waals surface area contributed by atoms with Crippen molar-refractivity contribution in [1.82, 2.24) is 25.9 Å². The summed E-state index contributed by atoms with van der Waals surface area (Å²) in [5.41, 5.74) is 11.8. The van der Waals surface area contributed by atoms with Crippen LogP contribution in [0.25, 0.3) is 0 Å². The number of aliphatic hydroxyl groups excluding tert-OH is 1. The third-order valence-corrected chi connectivity index (χ3v) is 4.99. The average molecular weight is 500 g/mol. The summed E-state index contributed by atoms with van der Waals surface area (Å²) in [6.07, 6.45) is 3.49. The maximum atomic E-state index is 13.0. The summed E-state index contributed by atoms with van der Waals surface area (Å²) in [6.45, 7) is -0.473. The number of rotatable bonds is 17. The monoisotopic (exact) mass is 499 g/mol. The number of aromatic nitrogens is 2. The van der Waals surface area contributed by atoms with Crippen molar-refractivity contribution in [1.29, 1.82) is 0 Å². The van der Waals surface area contributed by atoms with E-state index in [1.807, 2.05) is 5.32 Å². The first-order valence-electron chi connectivity index (χ1n) is 11.0.